The van der Waals surface area contributed by atoms with E-state index in [4.69, 9.17) is 27.9 Å². The number of benzene rings is 2. The van der Waals surface area contributed by atoms with E-state index in [0.29, 0.717) is 34.2 Å². The number of ether oxygens (including phenoxy) is 1. The van der Waals surface area contributed by atoms with E-state index in [2.05, 4.69) is 15.5 Å². The Balaban J connectivity index is 1.75. The minimum Gasteiger partial charge on any atom is -0.385 e. The summed E-state index contributed by atoms with van der Waals surface area (Å²) in [6.07, 6.45) is 0.736. The Hall–Kier alpha value is -2.13. The number of anilines is 1. The van der Waals surface area contributed by atoms with Gasteiger partial charge in [-0.25, -0.2) is 4.39 Å². The summed E-state index contributed by atoms with van der Waals surface area (Å²) in [6.45, 7) is 1.16. The van der Waals surface area contributed by atoms with Gasteiger partial charge in [-0.05, 0) is 36.8 Å². The Labute approximate surface area is 187 Å². The summed E-state index contributed by atoms with van der Waals surface area (Å²) >= 11 is 13.4. The van der Waals surface area contributed by atoms with E-state index in [0.717, 1.165) is 12.0 Å². The number of nitrogens with one attached hydrogen (secondary N) is 1. The van der Waals surface area contributed by atoms with Crippen LogP contribution in [-0.4, -0.2) is 40.1 Å². The molecule has 0 unspecified atom stereocenters. The van der Waals surface area contributed by atoms with E-state index < -0.39 is 5.82 Å². The quantitative estimate of drug-likeness (QED) is 0.347. The van der Waals surface area contributed by atoms with Crippen LogP contribution in [0.1, 0.15) is 6.42 Å². The van der Waals surface area contributed by atoms with Crippen LogP contribution < -0.4 is 5.32 Å². The van der Waals surface area contributed by atoms with Crippen molar-refractivity contribution in [2.45, 2.75) is 18.1 Å². The molecule has 0 atom stereocenters. The Morgan fingerprint density at radius 1 is 1.23 bits per heavy atom. The largest absolute Gasteiger partial charge is 0.385 e. The van der Waals surface area contributed by atoms with Gasteiger partial charge in [0.25, 0.3) is 0 Å². The molecule has 10 heteroatoms. The van der Waals surface area contributed by atoms with Crippen LogP contribution in [0.25, 0.3) is 11.4 Å². The second-order valence-corrected chi connectivity index (χ2v) is 8.03. The Bertz CT molecular complexity index is 1030. The van der Waals surface area contributed by atoms with Gasteiger partial charge in [0.1, 0.15) is 5.82 Å². The van der Waals surface area contributed by atoms with Crippen LogP contribution in [0.4, 0.5) is 10.1 Å². The number of methoxy groups -OCH3 is 1. The number of carbonyl (C=O) groups is 1. The monoisotopic (exact) mass is 468 g/mol. The summed E-state index contributed by atoms with van der Waals surface area (Å²) in [6, 6.07) is 11.3. The highest BCUT2D eigenvalue weighted by Crippen LogP contribution is 2.29. The zero-order valence-corrected chi connectivity index (χ0v) is 18.4. The van der Waals surface area contributed by atoms with Crippen LogP contribution in [0, 0.1) is 5.82 Å². The molecule has 1 heterocycles. The topological polar surface area (TPSA) is 69.0 Å². The van der Waals surface area contributed by atoms with Crippen molar-refractivity contribution in [1.82, 2.24) is 14.8 Å². The number of halogens is 3. The minimum atomic E-state index is -0.554. The predicted molar refractivity (Wildman–Crippen MR) is 118 cm³/mol. The first kappa shape index (κ1) is 22.6. The van der Waals surface area contributed by atoms with E-state index >= 15 is 0 Å². The average molecular weight is 469 g/mol. The zero-order chi connectivity index (χ0) is 21.5. The molecule has 0 fully saturated rings. The molecule has 0 bridgehead atoms. The van der Waals surface area contributed by atoms with Crippen molar-refractivity contribution in [3.8, 4) is 11.4 Å². The lowest BCUT2D eigenvalue weighted by atomic mass is 10.2. The second-order valence-electron chi connectivity index (χ2n) is 6.25. The van der Waals surface area contributed by atoms with Crippen molar-refractivity contribution in [3.05, 3.63) is 58.3 Å². The summed E-state index contributed by atoms with van der Waals surface area (Å²) in [5, 5.41) is 12.5. The third kappa shape index (κ3) is 5.72. The molecule has 0 saturated heterocycles. The van der Waals surface area contributed by atoms with E-state index in [9.17, 15) is 9.18 Å². The normalized spacial score (nSPS) is 10.9. The van der Waals surface area contributed by atoms with Crippen molar-refractivity contribution < 1.29 is 13.9 Å². The van der Waals surface area contributed by atoms with Crippen molar-refractivity contribution in [3.63, 3.8) is 0 Å². The van der Waals surface area contributed by atoms with Crippen LogP contribution in [0.3, 0.4) is 0 Å². The Morgan fingerprint density at radius 3 is 2.80 bits per heavy atom. The van der Waals surface area contributed by atoms with E-state index in [1.165, 1.54) is 30.0 Å². The summed E-state index contributed by atoms with van der Waals surface area (Å²) in [5.41, 5.74) is 0.785. The number of nitrogens with zero attached hydrogens (tertiary/aromatic N) is 3. The molecule has 0 spiro atoms. The fourth-order valence-corrected chi connectivity index (χ4v) is 3.87. The van der Waals surface area contributed by atoms with E-state index in [-0.39, 0.29) is 17.3 Å². The molecule has 0 aliphatic heterocycles. The maximum atomic E-state index is 13.8. The van der Waals surface area contributed by atoms with Gasteiger partial charge in [0.15, 0.2) is 11.0 Å². The molecule has 2 aromatic carbocycles. The SMILES string of the molecule is COCCCn1c(SCC(=O)Nc2cc(Cl)ccc2F)nnc1-c1ccccc1Cl. The minimum absolute atomic E-state index is 0.0247. The highest BCUT2D eigenvalue weighted by Gasteiger charge is 2.18. The molecular weight excluding hydrogens is 450 g/mol. The molecule has 1 aromatic heterocycles. The highest BCUT2D eigenvalue weighted by atomic mass is 35.5. The molecule has 0 aliphatic rings. The maximum absolute atomic E-state index is 13.8. The second kappa shape index (κ2) is 10.8. The Kier molecular flexibility index (Phi) is 8.09. The predicted octanol–water partition coefficient (Wildman–Crippen LogP) is 5.16. The fourth-order valence-electron chi connectivity index (χ4n) is 2.72. The zero-order valence-electron chi connectivity index (χ0n) is 16.1. The molecule has 3 rings (SSSR count). The van der Waals surface area contributed by atoms with Gasteiger partial charge in [-0.2, -0.15) is 0 Å². The van der Waals surface area contributed by atoms with Crippen LogP contribution >= 0.6 is 35.0 Å². The third-order valence-corrected chi connectivity index (χ3v) is 5.63. The smallest absolute Gasteiger partial charge is 0.234 e. The number of thioether (sulfide) groups is 1. The standard InChI is InChI=1S/C20H19Cl2FN4O2S/c1-29-10-4-9-27-19(14-5-2-3-6-15(14)22)25-26-20(27)30-12-18(28)24-17-11-13(21)7-8-16(17)23/h2-3,5-8,11H,4,9-10,12H2,1H3,(H,24,28). The van der Waals surface area contributed by atoms with Crippen LogP contribution in [0.15, 0.2) is 47.6 Å². The van der Waals surface area contributed by atoms with Gasteiger partial charge in [-0.15, -0.1) is 10.2 Å². The first-order chi connectivity index (χ1) is 14.5. The first-order valence-corrected chi connectivity index (χ1v) is 10.8. The maximum Gasteiger partial charge on any atom is 0.234 e. The van der Waals surface area contributed by atoms with Crippen molar-refractivity contribution in [2.24, 2.45) is 0 Å². The van der Waals surface area contributed by atoms with Crippen LogP contribution in [0.5, 0.6) is 0 Å². The molecule has 0 radical (unpaired) electrons. The fraction of sp³-hybridized carbons (Fsp3) is 0.250. The van der Waals surface area contributed by atoms with Crippen molar-refractivity contribution >= 4 is 46.6 Å². The first-order valence-electron chi connectivity index (χ1n) is 9.04. The lowest BCUT2D eigenvalue weighted by Crippen LogP contribution is -2.16. The molecule has 30 heavy (non-hydrogen) atoms. The molecule has 158 valence electrons. The lowest BCUT2D eigenvalue weighted by Gasteiger charge is -2.11. The number of amides is 1. The number of carbonyl (C=O) groups excluding carboxylic acids is 1. The van der Waals surface area contributed by atoms with Gasteiger partial charge < -0.3 is 14.6 Å². The molecule has 6 nitrogen and oxygen atoms in total. The van der Waals surface area contributed by atoms with Gasteiger partial charge in [0.05, 0.1) is 16.5 Å². The highest BCUT2D eigenvalue weighted by molar-refractivity contribution is 7.99. The van der Waals surface area contributed by atoms with Crippen molar-refractivity contribution in [2.75, 3.05) is 24.8 Å². The van der Waals surface area contributed by atoms with Gasteiger partial charge in [0.2, 0.25) is 5.91 Å². The summed E-state index contributed by atoms with van der Waals surface area (Å²) in [7, 11) is 1.64. The molecule has 3 aromatic rings. The molecule has 0 aliphatic carbocycles. The van der Waals surface area contributed by atoms with E-state index in [1.54, 1.807) is 13.2 Å². The van der Waals surface area contributed by atoms with Crippen LogP contribution in [-0.2, 0) is 16.1 Å². The number of rotatable bonds is 9. The molecular formula is C20H19Cl2FN4O2S. The summed E-state index contributed by atoms with van der Waals surface area (Å²) in [5.74, 6) is -0.300. The number of hydrogen-bond acceptors (Lipinski definition) is 5. The number of hydrogen-bond donors (Lipinski definition) is 1. The van der Waals surface area contributed by atoms with Gasteiger partial charge in [-0.3, -0.25) is 4.79 Å². The van der Waals surface area contributed by atoms with E-state index in [1.807, 2.05) is 22.8 Å². The summed E-state index contributed by atoms with van der Waals surface area (Å²) in [4.78, 5) is 12.3. The van der Waals surface area contributed by atoms with Crippen molar-refractivity contribution in [1.29, 1.82) is 0 Å². The van der Waals surface area contributed by atoms with Crippen LogP contribution in [0.2, 0.25) is 10.0 Å². The van der Waals surface area contributed by atoms with Gasteiger partial charge in [0, 0.05) is 30.8 Å². The number of aromatic nitrogens is 3. The molecule has 1 N–H and O–H groups in total. The van der Waals surface area contributed by atoms with Gasteiger partial charge >= 0.3 is 0 Å². The molecule has 0 saturated carbocycles. The Morgan fingerprint density at radius 2 is 2.03 bits per heavy atom. The average Bonchev–Trinajstić information content (AvgIpc) is 3.12. The molecule has 1 amide bonds. The third-order valence-electron chi connectivity index (χ3n) is 4.10. The summed E-state index contributed by atoms with van der Waals surface area (Å²) < 4.78 is 20.9. The lowest BCUT2D eigenvalue weighted by molar-refractivity contribution is -0.113. The van der Waals surface area contributed by atoms with Gasteiger partial charge in [-0.1, -0.05) is 47.1 Å².